The smallest absolute Gasteiger partial charge is 0.133 e. The minimum absolute atomic E-state index is 0.132. The summed E-state index contributed by atoms with van der Waals surface area (Å²) < 4.78 is 0. The van der Waals surface area contributed by atoms with Crippen molar-refractivity contribution in [1.82, 2.24) is 5.32 Å². The highest BCUT2D eigenvalue weighted by Crippen LogP contribution is 2.53. The summed E-state index contributed by atoms with van der Waals surface area (Å²) >= 11 is 5.14. The average Bonchev–Trinajstić information content (AvgIpc) is 2.10. The lowest BCUT2D eigenvalue weighted by atomic mass is 9.53. The molecule has 0 heterocycles. The molecule has 3 heteroatoms. The van der Waals surface area contributed by atoms with Gasteiger partial charge in [-0.05, 0) is 24.7 Å². The monoisotopic (exact) mass is 213 g/mol. The van der Waals surface area contributed by atoms with Gasteiger partial charge in [0, 0.05) is 19.4 Å². The summed E-state index contributed by atoms with van der Waals surface area (Å²) in [5.41, 5.74) is 0.132. The molecule has 1 aliphatic rings. The van der Waals surface area contributed by atoms with Crippen molar-refractivity contribution in [2.75, 3.05) is 7.05 Å². The molecular formula is C11H19NOS. The largest absolute Gasteiger partial charge is 0.383 e. The second kappa shape index (κ2) is 3.97. The maximum absolute atomic E-state index is 11.3. The van der Waals surface area contributed by atoms with Gasteiger partial charge in [-0.2, -0.15) is 0 Å². The van der Waals surface area contributed by atoms with E-state index in [9.17, 15) is 4.79 Å². The van der Waals surface area contributed by atoms with E-state index in [-0.39, 0.29) is 11.3 Å². The Morgan fingerprint density at radius 3 is 2.50 bits per heavy atom. The van der Waals surface area contributed by atoms with Crippen LogP contribution in [0.3, 0.4) is 0 Å². The molecule has 0 radical (unpaired) electrons. The third-order valence-electron chi connectivity index (χ3n) is 3.67. The first-order valence-corrected chi connectivity index (χ1v) is 5.51. The van der Waals surface area contributed by atoms with Gasteiger partial charge in [-0.15, -0.1) is 0 Å². The normalized spacial score (nSPS) is 29.1. The van der Waals surface area contributed by atoms with Crippen LogP contribution in [0.15, 0.2) is 0 Å². The third-order valence-corrected chi connectivity index (χ3v) is 4.04. The number of nitrogens with one attached hydrogen (secondary N) is 1. The van der Waals surface area contributed by atoms with E-state index in [2.05, 4.69) is 19.2 Å². The molecule has 0 aliphatic heterocycles. The summed E-state index contributed by atoms with van der Waals surface area (Å²) in [5, 5.41) is 2.99. The molecule has 1 saturated carbocycles. The van der Waals surface area contributed by atoms with Crippen molar-refractivity contribution in [1.29, 1.82) is 0 Å². The van der Waals surface area contributed by atoms with E-state index in [0.717, 1.165) is 17.8 Å². The lowest BCUT2D eigenvalue weighted by molar-refractivity contribution is -0.135. The summed E-state index contributed by atoms with van der Waals surface area (Å²) in [6.45, 7) is 6.04. The molecule has 1 aliphatic carbocycles. The van der Waals surface area contributed by atoms with Gasteiger partial charge < -0.3 is 5.32 Å². The molecule has 1 N–H and O–H groups in total. The average molecular weight is 213 g/mol. The van der Waals surface area contributed by atoms with Crippen molar-refractivity contribution >= 4 is 23.0 Å². The van der Waals surface area contributed by atoms with E-state index in [1.165, 1.54) is 0 Å². The first kappa shape index (κ1) is 11.6. The molecule has 1 rings (SSSR count). The maximum Gasteiger partial charge on any atom is 0.133 e. The zero-order chi connectivity index (χ0) is 10.9. The molecule has 0 spiro atoms. The van der Waals surface area contributed by atoms with Gasteiger partial charge in [-0.3, -0.25) is 4.79 Å². The Morgan fingerprint density at radius 2 is 2.14 bits per heavy atom. The Morgan fingerprint density at radius 1 is 1.57 bits per heavy atom. The lowest BCUT2D eigenvalue weighted by Gasteiger charge is -2.51. The summed E-state index contributed by atoms with van der Waals surface area (Å²) in [6.07, 6.45) is 1.92. The number of rotatable bonds is 3. The van der Waals surface area contributed by atoms with E-state index in [4.69, 9.17) is 12.2 Å². The maximum atomic E-state index is 11.3. The first-order valence-electron chi connectivity index (χ1n) is 5.10. The minimum atomic E-state index is 0.132. The van der Waals surface area contributed by atoms with Crippen LogP contribution in [-0.2, 0) is 4.79 Å². The molecule has 0 saturated heterocycles. The van der Waals surface area contributed by atoms with E-state index in [1.54, 1.807) is 6.92 Å². The Balaban J connectivity index is 2.54. The number of carbonyl (C=O) groups is 1. The number of carbonyl (C=O) groups excluding carboxylic acids is 1. The standard InChI is InChI=1S/C11H19NOS/c1-7(13)9-5-8(11(9,2)3)6-10(14)12-4/h8-9H,5-6H2,1-4H3,(H,12,14)/t8-,9+/m1/s1. The zero-order valence-corrected chi connectivity index (χ0v) is 10.2. The van der Waals surface area contributed by atoms with Crippen LogP contribution in [0.25, 0.3) is 0 Å². The van der Waals surface area contributed by atoms with E-state index < -0.39 is 0 Å². The van der Waals surface area contributed by atoms with Crippen molar-refractivity contribution in [2.45, 2.75) is 33.6 Å². The van der Waals surface area contributed by atoms with Crippen LogP contribution in [-0.4, -0.2) is 17.8 Å². The predicted octanol–water partition coefficient (Wildman–Crippen LogP) is 2.17. The van der Waals surface area contributed by atoms with Gasteiger partial charge >= 0.3 is 0 Å². The topological polar surface area (TPSA) is 29.1 Å². The van der Waals surface area contributed by atoms with Crippen molar-refractivity contribution in [3.05, 3.63) is 0 Å². The molecule has 2 nitrogen and oxygen atoms in total. The molecule has 2 atom stereocenters. The molecule has 0 amide bonds. The van der Waals surface area contributed by atoms with Gasteiger partial charge in [0.15, 0.2) is 0 Å². The molecule has 0 bridgehead atoms. The van der Waals surface area contributed by atoms with Gasteiger partial charge in [0.1, 0.15) is 5.78 Å². The molecule has 0 aromatic rings. The number of Topliss-reactive ketones (excluding diaryl/α,β-unsaturated/α-hetero) is 1. The number of hydrogen-bond acceptors (Lipinski definition) is 2. The Kier molecular flexibility index (Phi) is 3.30. The zero-order valence-electron chi connectivity index (χ0n) is 9.39. The molecule has 0 unspecified atom stereocenters. The fraction of sp³-hybridized carbons (Fsp3) is 0.818. The van der Waals surface area contributed by atoms with Crippen LogP contribution in [0.4, 0.5) is 0 Å². The molecule has 1 fully saturated rings. The third kappa shape index (κ3) is 1.97. The number of thiocarbonyl (C=S) groups is 1. The van der Waals surface area contributed by atoms with Crippen LogP contribution >= 0.6 is 12.2 Å². The van der Waals surface area contributed by atoms with Crippen LogP contribution < -0.4 is 5.32 Å². The van der Waals surface area contributed by atoms with Gasteiger partial charge in [0.05, 0.1) is 4.99 Å². The van der Waals surface area contributed by atoms with E-state index >= 15 is 0 Å². The summed E-state index contributed by atoms with van der Waals surface area (Å²) in [5.74, 6) is 1.13. The van der Waals surface area contributed by atoms with Gasteiger partial charge in [0.2, 0.25) is 0 Å². The van der Waals surface area contributed by atoms with Crippen molar-refractivity contribution < 1.29 is 4.79 Å². The minimum Gasteiger partial charge on any atom is -0.383 e. The second-order valence-electron chi connectivity index (χ2n) is 4.79. The van der Waals surface area contributed by atoms with E-state index in [0.29, 0.717) is 11.7 Å². The van der Waals surface area contributed by atoms with Gasteiger partial charge in [-0.25, -0.2) is 0 Å². The van der Waals surface area contributed by atoms with Crippen molar-refractivity contribution in [3.8, 4) is 0 Å². The number of ketones is 1. The van der Waals surface area contributed by atoms with E-state index in [1.807, 2.05) is 7.05 Å². The molecular weight excluding hydrogens is 194 g/mol. The molecule has 80 valence electrons. The Labute approximate surface area is 91.5 Å². The second-order valence-corrected chi connectivity index (χ2v) is 5.29. The van der Waals surface area contributed by atoms with Crippen LogP contribution in [0, 0.1) is 17.3 Å². The highest BCUT2D eigenvalue weighted by atomic mass is 32.1. The summed E-state index contributed by atoms with van der Waals surface area (Å²) in [7, 11) is 1.86. The SMILES string of the molecule is CNC(=S)C[C@H]1C[C@@H](C(C)=O)C1(C)C. The first-order chi connectivity index (χ1) is 6.39. The highest BCUT2D eigenvalue weighted by Gasteiger charge is 2.49. The molecule has 0 aromatic heterocycles. The Hall–Kier alpha value is -0.440. The summed E-state index contributed by atoms with van der Waals surface area (Å²) in [6, 6.07) is 0. The lowest BCUT2D eigenvalue weighted by Crippen LogP contribution is -2.49. The summed E-state index contributed by atoms with van der Waals surface area (Å²) in [4.78, 5) is 12.2. The van der Waals surface area contributed by atoms with Gasteiger partial charge in [-0.1, -0.05) is 26.1 Å². The van der Waals surface area contributed by atoms with Crippen LogP contribution in [0.2, 0.25) is 0 Å². The van der Waals surface area contributed by atoms with Gasteiger partial charge in [0.25, 0.3) is 0 Å². The quantitative estimate of drug-likeness (QED) is 0.729. The fourth-order valence-electron chi connectivity index (χ4n) is 2.38. The van der Waals surface area contributed by atoms with Crippen LogP contribution in [0.1, 0.15) is 33.6 Å². The number of hydrogen-bond donors (Lipinski definition) is 1. The van der Waals surface area contributed by atoms with Crippen LogP contribution in [0.5, 0.6) is 0 Å². The van der Waals surface area contributed by atoms with Crippen molar-refractivity contribution in [2.24, 2.45) is 17.3 Å². The fourth-order valence-corrected chi connectivity index (χ4v) is 2.58. The predicted molar refractivity (Wildman–Crippen MR) is 62.3 cm³/mol. The highest BCUT2D eigenvalue weighted by molar-refractivity contribution is 7.80. The molecule has 14 heavy (non-hydrogen) atoms. The Bertz CT molecular complexity index is 260. The van der Waals surface area contributed by atoms with Crippen molar-refractivity contribution in [3.63, 3.8) is 0 Å². The molecule has 0 aromatic carbocycles.